The summed E-state index contributed by atoms with van der Waals surface area (Å²) in [7, 11) is 1.34. The van der Waals surface area contributed by atoms with E-state index in [9.17, 15) is 15.0 Å². The molecular weight excluding hydrogens is 248 g/mol. The van der Waals surface area contributed by atoms with E-state index in [4.69, 9.17) is 9.47 Å². The van der Waals surface area contributed by atoms with Gasteiger partial charge in [-0.2, -0.15) is 0 Å². The summed E-state index contributed by atoms with van der Waals surface area (Å²) >= 11 is 0. The maximum Gasteiger partial charge on any atom is 0.338 e. The van der Waals surface area contributed by atoms with E-state index >= 15 is 0 Å². The van der Waals surface area contributed by atoms with Crippen molar-refractivity contribution in [1.82, 2.24) is 0 Å². The van der Waals surface area contributed by atoms with Crippen LogP contribution in [0.25, 0.3) is 0 Å². The molecule has 108 valence electrons. The minimum Gasteiger partial charge on any atom is -0.454 e. The number of hydrogen-bond acceptors (Lipinski definition) is 5. The van der Waals surface area contributed by atoms with E-state index < -0.39 is 30.4 Å². The summed E-state index contributed by atoms with van der Waals surface area (Å²) < 4.78 is 9.81. The van der Waals surface area contributed by atoms with Gasteiger partial charge in [-0.15, -0.1) is 0 Å². The molecule has 0 bridgehead atoms. The van der Waals surface area contributed by atoms with Crippen LogP contribution in [0.5, 0.6) is 0 Å². The summed E-state index contributed by atoms with van der Waals surface area (Å²) in [6.45, 7) is 0. The summed E-state index contributed by atoms with van der Waals surface area (Å²) in [5, 5.41) is 19.9. The zero-order valence-corrected chi connectivity index (χ0v) is 11.2. The average molecular weight is 270 g/mol. The Balaban J connectivity index is 1.90. The number of rotatable bonds is 4. The third-order valence-electron chi connectivity index (χ3n) is 3.95. The molecule has 0 amide bonds. The molecule has 5 nitrogen and oxygen atoms in total. The molecule has 2 N–H and O–H groups in total. The molecule has 2 aliphatic rings. The lowest BCUT2D eigenvalue weighted by Gasteiger charge is -2.20. The standard InChI is InChI=1S/C14H22O5/c1-18-13-11(16)12(19-14(13)17)10(15)8-7-9-5-3-2-4-6-9/h7-13,15-16H,2-6H2,1H3/t10-,11-,12+,13-/m1/s1. The Morgan fingerprint density at radius 1 is 1.37 bits per heavy atom. The number of carbonyl (C=O) groups excluding carboxylic acids is 1. The Bertz CT molecular complexity index is 335. The van der Waals surface area contributed by atoms with Crippen molar-refractivity contribution in [3.05, 3.63) is 12.2 Å². The number of aliphatic hydroxyl groups is 2. The largest absolute Gasteiger partial charge is 0.454 e. The molecule has 1 heterocycles. The zero-order valence-electron chi connectivity index (χ0n) is 11.2. The fourth-order valence-electron chi connectivity index (χ4n) is 2.80. The summed E-state index contributed by atoms with van der Waals surface area (Å²) in [5.41, 5.74) is 0. The SMILES string of the molecule is CO[C@H]1C(=O)O[C@@H]([C@H](O)C=CC2CCCCC2)[C@H]1O. The van der Waals surface area contributed by atoms with Gasteiger partial charge in [0, 0.05) is 7.11 Å². The van der Waals surface area contributed by atoms with Crippen LogP contribution in [-0.2, 0) is 14.3 Å². The van der Waals surface area contributed by atoms with Crippen LogP contribution in [0.15, 0.2) is 12.2 Å². The second kappa shape index (κ2) is 6.50. The first-order chi connectivity index (χ1) is 9.13. The van der Waals surface area contributed by atoms with E-state index in [0.29, 0.717) is 5.92 Å². The second-order valence-electron chi connectivity index (χ2n) is 5.32. The lowest BCUT2D eigenvalue weighted by atomic mass is 9.88. The fraction of sp³-hybridized carbons (Fsp3) is 0.786. The lowest BCUT2D eigenvalue weighted by molar-refractivity contribution is -0.150. The van der Waals surface area contributed by atoms with E-state index in [0.717, 1.165) is 12.8 Å². The molecule has 0 aromatic carbocycles. The van der Waals surface area contributed by atoms with Gasteiger partial charge in [-0.1, -0.05) is 31.4 Å². The highest BCUT2D eigenvalue weighted by Gasteiger charge is 2.46. The monoisotopic (exact) mass is 270 g/mol. The predicted molar refractivity (Wildman–Crippen MR) is 68.4 cm³/mol. The van der Waals surface area contributed by atoms with Gasteiger partial charge in [0.15, 0.2) is 12.2 Å². The minimum absolute atomic E-state index is 0.482. The van der Waals surface area contributed by atoms with Crippen LogP contribution in [0, 0.1) is 5.92 Å². The van der Waals surface area contributed by atoms with Gasteiger partial charge >= 0.3 is 5.97 Å². The van der Waals surface area contributed by atoms with E-state index in [2.05, 4.69) is 0 Å². The quantitative estimate of drug-likeness (QED) is 0.583. The number of methoxy groups -OCH3 is 1. The Morgan fingerprint density at radius 3 is 2.63 bits per heavy atom. The van der Waals surface area contributed by atoms with E-state index in [1.807, 2.05) is 6.08 Å². The van der Waals surface area contributed by atoms with Crippen LogP contribution in [0.4, 0.5) is 0 Å². The number of carbonyl (C=O) groups is 1. The van der Waals surface area contributed by atoms with Gasteiger partial charge in [-0.3, -0.25) is 0 Å². The minimum atomic E-state index is -1.12. The molecule has 0 unspecified atom stereocenters. The van der Waals surface area contributed by atoms with Gasteiger partial charge in [0.1, 0.15) is 12.2 Å². The summed E-state index contributed by atoms with van der Waals surface area (Å²) in [6.07, 6.45) is 5.56. The molecule has 4 atom stereocenters. The van der Waals surface area contributed by atoms with Gasteiger partial charge in [0.2, 0.25) is 0 Å². The number of ether oxygens (including phenoxy) is 2. The van der Waals surface area contributed by atoms with E-state index in [-0.39, 0.29) is 0 Å². The Morgan fingerprint density at radius 2 is 2.05 bits per heavy atom. The first-order valence-corrected chi connectivity index (χ1v) is 6.91. The van der Waals surface area contributed by atoms with Crippen molar-refractivity contribution in [2.75, 3.05) is 7.11 Å². The molecule has 0 aromatic heterocycles. The third kappa shape index (κ3) is 3.35. The molecule has 2 fully saturated rings. The zero-order chi connectivity index (χ0) is 13.8. The maximum atomic E-state index is 11.4. The van der Waals surface area contributed by atoms with Crippen LogP contribution in [0.3, 0.4) is 0 Å². The van der Waals surface area contributed by atoms with Crippen LogP contribution in [-0.4, -0.2) is 47.7 Å². The topological polar surface area (TPSA) is 76.0 Å². The highest BCUT2D eigenvalue weighted by Crippen LogP contribution is 2.26. The van der Waals surface area contributed by atoms with E-state index in [1.165, 1.54) is 26.4 Å². The number of aliphatic hydroxyl groups excluding tert-OH is 2. The van der Waals surface area contributed by atoms with Crippen molar-refractivity contribution in [3.8, 4) is 0 Å². The van der Waals surface area contributed by atoms with Gasteiger partial charge in [0.05, 0.1) is 0 Å². The van der Waals surface area contributed by atoms with Gasteiger partial charge in [0.25, 0.3) is 0 Å². The van der Waals surface area contributed by atoms with Crippen molar-refractivity contribution in [1.29, 1.82) is 0 Å². The number of allylic oxidation sites excluding steroid dienone is 1. The molecule has 0 spiro atoms. The Labute approximate surface area is 113 Å². The molecule has 0 radical (unpaired) electrons. The highest BCUT2D eigenvalue weighted by atomic mass is 16.6. The molecule has 2 rings (SSSR count). The Hall–Kier alpha value is -0.910. The molecule has 19 heavy (non-hydrogen) atoms. The molecule has 0 aromatic rings. The molecule has 1 aliphatic carbocycles. The van der Waals surface area contributed by atoms with Crippen LogP contribution < -0.4 is 0 Å². The summed E-state index contributed by atoms with van der Waals surface area (Å²) in [6, 6.07) is 0. The van der Waals surface area contributed by atoms with Crippen LogP contribution in [0.2, 0.25) is 0 Å². The van der Waals surface area contributed by atoms with Crippen molar-refractivity contribution < 1.29 is 24.5 Å². The lowest BCUT2D eigenvalue weighted by Crippen LogP contribution is -2.38. The predicted octanol–water partition coefficient (Wildman–Crippen LogP) is 0.785. The van der Waals surface area contributed by atoms with Crippen molar-refractivity contribution in [2.45, 2.75) is 56.5 Å². The second-order valence-corrected chi connectivity index (χ2v) is 5.32. The van der Waals surface area contributed by atoms with Crippen molar-refractivity contribution in [2.24, 2.45) is 5.92 Å². The van der Waals surface area contributed by atoms with Crippen LogP contribution >= 0.6 is 0 Å². The molecule has 5 heteroatoms. The molecular formula is C14H22O5. The molecule has 1 saturated carbocycles. The van der Waals surface area contributed by atoms with Crippen molar-refractivity contribution >= 4 is 5.97 Å². The summed E-state index contributed by atoms with van der Waals surface area (Å²) in [5.74, 6) is -0.138. The third-order valence-corrected chi connectivity index (χ3v) is 3.95. The molecule has 1 aliphatic heterocycles. The number of esters is 1. The molecule has 1 saturated heterocycles. The Kier molecular flexibility index (Phi) is 4.96. The maximum absolute atomic E-state index is 11.4. The van der Waals surface area contributed by atoms with Gasteiger partial charge in [-0.05, 0) is 18.8 Å². The first kappa shape index (κ1) is 14.5. The fourth-order valence-corrected chi connectivity index (χ4v) is 2.80. The van der Waals surface area contributed by atoms with Crippen LogP contribution in [0.1, 0.15) is 32.1 Å². The first-order valence-electron chi connectivity index (χ1n) is 6.91. The van der Waals surface area contributed by atoms with Gasteiger partial charge < -0.3 is 19.7 Å². The smallest absolute Gasteiger partial charge is 0.338 e. The normalized spacial score (nSPS) is 34.7. The average Bonchev–Trinajstić information content (AvgIpc) is 2.72. The summed E-state index contributed by atoms with van der Waals surface area (Å²) in [4.78, 5) is 11.4. The number of hydrogen-bond donors (Lipinski definition) is 2. The van der Waals surface area contributed by atoms with Crippen molar-refractivity contribution in [3.63, 3.8) is 0 Å². The number of cyclic esters (lactones) is 1. The van der Waals surface area contributed by atoms with Gasteiger partial charge in [-0.25, -0.2) is 4.79 Å². The van der Waals surface area contributed by atoms with E-state index in [1.54, 1.807) is 6.08 Å². The highest BCUT2D eigenvalue weighted by molar-refractivity contribution is 5.78.